The zero-order valence-corrected chi connectivity index (χ0v) is 14.7. The van der Waals surface area contributed by atoms with Gasteiger partial charge in [0.15, 0.2) is 0 Å². The van der Waals surface area contributed by atoms with Crippen LogP contribution in [0.15, 0.2) is 42.5 Å². The van der Waals surface area contributed by atoms with Crippen molar-refractivity contribution in [2.75, 3.05) is 20.3 Å². The van der Waals surface area contributed by atoms with Gasteiger partial charge in [-0.1, -0.05) is 11.6 Å². The van der Waals surface area contributed by atoms with Gasteiger partial charge in [0.1, 0.15) is 30.5 Å². The maximum atomic E-state index is 10.7. The predicted molar refractivity (Wildman–Crippen MR) is 96.8 cm³/mol. The highest BCUT2D eigenvalue weighted by Crippen LogP contribution is 2.26. The third kappa shape index (κ3) is 5.72. The highest BCUT2D eigenvalue weighted by Gasteiger charge is 2.05. The molecule has 0 aliphatic heterocycles. The summed E-state index contributed by atoms with van der Waals surface area (Å²) in [6.45, 7) is 2.53. The molecular formula is C19H19ClO5. The summed E-state index contributed by atoms with van der Waals surface area (Å²) in [5, 5.41) is 9.46. The maximum absolute atomic E-state index is 10.7. The number of hydrogen-bond acceptors (Lipinski definition) is 4. The zero-order valence-electron chi connectivity index (χ0n) is 14.0. The summed E-state index contributed by atoms with van der Waals surface area (Å²) in [6.07, 6.45) is 2.53. The van der Waals surface area contributed by atoms with Crippen molar-refractivity contribution in [3.63, 3.8) is 0 Å². The Morgan fingerprint density at radius 2 is 1.84 bits per heavy atom. The van der Waals surface area contributed by atoms with Crippen molar-refractivity contribution in [3.8, 4) is 17.2 Å². The van der Waals surface area contributed by atoms with Gasteiger partial charge in [0.2, 0.25) is 0 Å². The van der Waals surface area contributed by atoms with E-state index in [1.165, 1.54) is 6.08 Å². The first-order valence-electron chi connectivity index (χ1n) is 7.60. The predicted octanol–water partition coefficient (Wildman–Crippen LogP) is 4.21. The minimum absolute atomic E-state index is 0.294. The van der Waals surface area contributed by atoms with Crippen molar-refractivity contribution in [3.05, 3.63) is 58.6 Å². The third-order valence-corrected chi connectivity index (χ3v) is 3.79. The molecule has 1 N–H and O–H groups in total. The Morgan fingerprint density at radius 1 is 1.12 bits per heavy atom. The number of ether oxygens (including phenoxy) is 3. The van der Waals surface area contributed by atoms with Crippen molar-refractivity contribution < 1.29 is 24.1 Å². The molecule has 25 heavy (non-hydrogen) atoms. The lowest BCUT2D eigenvalue weighted by molar-refractivity contribution is -0.131. The molecule has 0 aliphatic rings. The zero-order chi connectivity index (χ0) is 18.2. The molecule has 0 spiro atoms. The maximum Gasteiger partial charge on any atom is 0.328 e. The summed E-state index contributed by atoms with van der Waals surface area (Å²) < 4.78 is 16.5. The van der Waals surface area contributed by atoms with E-state index >= 15 is 0 Å². The van der Waals surface area contributed by atoms with Crippen LogP contribution < -0.4 is 14.2 Å². The van der Waals surface area contributed by atoms with Gasteiger partial charge in [-0.2, -0.15) is 0 Å². The van der Waals surface area contributed by atoms with E-state index < -0.39 is 5.97 Å². The van der Waals surface area contributed by atoms with Gasteiger partial charge in [-0.25, -0.2) is 4.79 Å². The van der Waals surface area contributed by atoms with Gasteiger partial charge >= 0.3 is 5.97 Å². The molecule has 132 valence electrons. The Kier molecular flexibility index (Phi) is 6.71. The van der Waals surface area contributed by atoms with E-state index in [1.54, 1.807) is 37.4 Å². The second kappa shape index (κ2) is 8.99. The van der Waals surface area contributed by atoms with Crippen molar-refractivity contribution in [1.29, 1.82) is 0 Å². The van der Waals surface area contributed by atoms with Crippen LogP contribution in [-0.2, 0) is 4.79 Å². The van der Waals surface area contributed by atoms with Crippen molar-refractivity contribution in [1.82, 2.24) is 0 Å². The quantitative estimate of drug-likeness (QED) is 0.562. The van der Waals surface area contributed by atoms with Crippen LogP contribution in [0, 0.1) is 6.92 Å². The first-order chi connectivity index (χ1) is 12.0. The van der Waals surface area contributed by atoms with Crippen molar-refractivity contribution in [2.24, 2.45) is 0 Å². The van der Waals surface area contributed by atoms with Gasteiger partial charge in [-0.05, 0) is 48.9 Å². The van der Waals surface area contributed by atoms with Crippen LogP contribution in [0.1, 0.15) is 11.1 Å². The summed E-state index contributed by atoms with van der Waals surface area (Å²) in [5.74, 6) is 0.829. The number of aryl methyl sites for hydroxylation is 1. The van der Waals surface area contributed by atoms with Crippen LogP contribution in [0.4, 0.5) is 0 Å². The lowest BCUT2D eigenvalue weighted by Crippen LogP contribution is -2.09. The highest BCUT2D eigenvalue weighted by atomic mass is 35.5. The van der Waals surface area contributed by atoms with Gasteiger partial charge in [-0.15, -0.1) is 0 Å². The molecule has 0 bridgehead atoms. The van der Waals surface area contributed by atoms with Crippen molar-refractivity contribution in [2.45, 2.75) is 6.92 Å². The Hall–Kier alpha value is -2.66. The Balaban J connectivity index is 1.98. The lowest BCUT2D eigenvalue weighted by Gasteiger charge is -2.12. The fraction of sp³-hybridized carbons (Fsp3) is 0.211. The normalized spacial score (nSPS) is 10.7. The number of hydrogen-bond donors (Lipinski definition) is 1. The van der Waals surface area contributed by atoms with E-state index in [4.69, 9.17) is 30.9 Å². The molecule has 0 amide bonds. The van der Waals surface area contributed by atoms with Gasteiger partial charge in [0, 0.05) is 22.7 Å². The Labute approximate surface area is 151 Å². The molecule has 0 fully saturated rings. The van der Waals surface area contributed by atoms with E-state index in [2.05, 4.69) is 0 Å². The molecule has 2 rings (SSSR count). The van der Waals surface area contributed by atoms with Crippen LogP contribution in [-0.4, -0.2) is 31.4 Å². The molecule has 5 nitrogen and oxygen atoms in total. The van der Waals surface area contributed by atoms with Crippen LogP contribution in [0.3, 0.4) is 0 Å². The van der Waals surface area contributed by atoms with Crippen molar-refractivity contribution >= 4 is 23.6 Å². The molecular weight excluding hydrogens is 344 g/mol. The number of halogens is 1. The molecule has 0 aromatic heterocycles. The lowest BCUT2D eigenvalue weighted by atomic mass is 10.1. The number of rotatable bonds is 8. The highest BCUT2D eigenvalue weighted by molar-refractivity contribution is 6.31. The molecule has 2 aromatic rings. The van der Waals surface area contributed by atoms with Gasteiger partial charge in [0.05, 0.1) is 7.11 Å². The summed E-state index contributed by atoms with van der Waals surface area (Å²) in [5.41, 5.74) is 1.58. The van der Waals surface area contributed by atoms with Gasteiger partial charge < -0.3 is 19.3 Å². The molecule has 0 heterocycles. The van der Waals surface area contributed by atoms with E-state index in [0.717, 1.165) is 11.6 Å². The second-order valence-corrected chi connectivity index (χ2v) is 5.59. The monoisotopic (exact) mass is 362 g/mol. The first-order valence-corrected chi connectivity index (χ1v) is 7.98. The van der Waals surface area contributed by atoms with E-state index in [1.807, 2.05) is 13.0 Å². The molecule has 0 unspecified atom stereocenters. The average Bonchev–Trinajstić information content (AvgIpc) is 2.60. The van der Waals surface area contributed by atoms with E-state index in [-0.39, 0.29) is 0 Å². The minimum Gasteiger partial charge on any atom is -0.497 e. The summed E-state index contributed by atoms with van der Waals surface area (Å²) in [4.78, 5) is 10.7. The fourth-order valence-corrected chi connectivity index (χ4v) is 2.20. The van der Waals surface area contributed by atoms with E-state index in [9.17, 15) is 4.79 Å². The number of carboxylic acids is 1. The number of methoxy groups -OCH3 is 1. The molecule has 2 aromatic carbocycles. The molecule has 0 saturated carbocycles. The molecule has 0 atom stereocenters. The Morgan fingerprint density at radius 3 is 2.52 bits per heavy atom. The minimum atomic E-state index is -1.02. The third-order valence-electron chi connectivity index (χ3n) is 3.37. The average molecular weight is 363 g/mol. The standard InChI is InChI=1S/C19H19ClO5/c1-13-11-16(6-7-17(13)20)24-9-10-25-18-12-15(23-2)5-3-14(18)4-8-19(21)22/h3-8,11-12H,9-10H2,1-2H3,(H,21,22). The summed E-state index contributed by atoms with van der Waals surface area (Å²) in [7, 11) is 1.55. The molecule has 0 aliphatic carbocycles. The SMILES string of the molecule is COc1ccc(C=CC(=O)O)c(OCCOc2ccc(Cl)c(C)c2)c1. The largest absolute Gasteiger partial charge is 0.497 e. The Bertz CT molecular complexity index is 770. The fourth-order valence-electron chi connectivity index (χ4n) is 2.08. The number of aliphatic carboxylic acids is 1. The van der Waals surface area contributed by atoms with Crippen LogP contribution >= 0.6 is 11.6 Å². The molecule has 0 radical (unpaired) electrons. The van der Waals surface area contributed by atoms with Gasteiger partial charge in [-0.3, -0.25) is 0 Å². The van der Waals surface area contributed by atoms with Crippen LogP contribution in [0.5, 0.6) is 17.2 Å². The van der Waals surface area contributed by atoms with Crippen LogP contribution in [0.25, 0.3) is 6.08 Å². The first kappa shape index (κ1) is 18.7. The molecule has 6 heteroatoms. The number of benzene rings is 2. The molecule has 0 saturated heterocycles. The second-order valence-electron chi connectivity index (χ2n) is 5.18. The van der Waals surface area contributed by atoms with Crippen LogP contribution in [0.2, 0.25) is 5.02 Å². The topological polar surface area (TPSA) is 65.0 Å². The van der Waals surface area contributed by atoms with E-state index in [0.29, 0.717) is 41.0 Å². The summed E-state index contributed by atoms with van der Waals surface area (Å²) in [6, 6.07) is 10.6. The van der Waals surface area contributed by atoms with Gasteiger partial charge in [0.25, 0.3) is 0 Å². The number of carbonyl (C=O) groups is 1. The summed E-state index contributed by atoms with van der Waals surface area (Å²) >= 11 is 5.98. The smallest absolute Gasteiger partial charge is 0.328 e. The number of carboxylic acid groups (broad SMARTS) is 1.